The largest absolute Gasteiger partial charge is 0.379 e. The van der Waals surface area contributed by atoms with E-state index < -0.39 is 23.9 Å². The van der Waals surface area contributed by atoms with Gasteiger partial charge in [-0.2, -0.15) is 0 Å². The van der Waals surface area contributed by atoms with Crippen LogP contribution in [0.2, 0.25) is 0 Å². The van der Waals surface area contributed by atoms with E-state index in [2.05, 4.69) is 26.6 Å². The number of ketones is 3. The van der Waals surface area contributed by atoms with Crippen LogP contribution in [0.15, 0.2) is 18.2 Å². The number of ether oxygens (including phenoxy) is 2. The van der Waals surface area contributed by atoms with E-state index in [-0.39, 0.29) is 149 Å². The third-order valence-corrected chi connectivity index (χ3v) is 9.28. The van der Waals surface area contributed by atoms with Gasteiger partial charge in [0.1, 0.15) is 5.78 Å². The summed E-state index contributed by atoms with van der Waals surface area (Å²) in [5.41, 5.74) is 1.39. The van der Waals surface area contributed by atoms with Gasteiger partial charge in [0.05, 0.1) is 38.5 Å². The summed E-state index contributed by atoms with van der Waals surface area (Å²) < 4.78 is 11.1. The van der Waals surface area contributed by atoms with Crippen LogP contribution >= 0.6 is 0 Å². The van der Waals surface area contributed by atoms with Crippen molar-refractivity contribution in [2.24, 2.45) is 17.8 Å². The molecule has 5 amide bonds. The second-order valence-corrected chi connectivity index (χ2v) is 17.5. The molecule has 1 rings (SSSR count). The van der Waals surface area contributed by atoms with Gasteiger partial charge in [0, 0.05) is 75.2 Å². The molecule has 0 fully saturated rings. The third kappa shape index (κ3) is 25.1. The van der Waals surface area contributed by atoms with Gasteiger partial charge >= 0.3 is 0 Å². The van der Waals surface area contributed by atoms with Crippen LogP contribution in [-0.2, 0) is 38.2 Å². The fourth-order valence-corrected chi connectivity index (χ4v) is 6.24. The number of rotatable bonds is 32. The smallest absolute Gasteiger partial charge is 0.251 e. The SMILES string of the molecule is CC(C)CC(=O)CCC(NC(=O)CCOCCNC(=O)c1cc(C(=O)NCCOCCC(=O)NC(CCC(=O)NC(C)C)C(=O)CC(C)C)cc(C(C)C)c1)C(=O)CC(C)C. The molecular weight excluding hydrogens is 783 g/mol. The molecule has 5 N–H and O–H groups in total. The molecule has 61 heavy (non-hydrogen) atoms. The molecule has 0 saturated heterocycles. The van der Waals surface area contributed by atoms with Crippen molar-refractivity contribution in [3.63, 3.8) is 0 Å². The highest BCUT2D eigenvalue weighted by atomic mass is 16.5. The molecule has 0 aromatic heterocycles. The van der Waals surface area contributed by atoms with Crippen LogP contribution in [0, 0.1) is 17.8 Å². The van der Waals surface area contributed by atoms with Crippen LogP contribution in [-0.4, -0.2) is 105 Å². The summed E-state index contributed by atoms with van der Waals surface area (Å²) in [5, 5.41) is 13.9. The second-order valence-electron chi connectivity index (χ2n) is 17.5. The molecule has 0 aliphatic rings. The lowest BCUT2D eigenvalue weighted by atomic mass is 9.95. The van der Waals surface area contributed by atoms with Crippen LogP contribution in [0.25, 0.3) is 0 Å². The van der Waals surface area contributed by atoms with Gasteiger partial charge in [-0.15, -0.1) is 0 Å². The Hall–Kier alpha value is -4.50. The van der Waals surface area contributed by atoms with E-state index >= 15 is 0 Å². The third-order valence-electron chi connectivity index (χ3n) is 9.28. The number of hydrogen-bond acceptors (Lipinski definition) is 10. The Labute approximate surface area is 363 Å². The van der Waals surface area contributed by atoms with Gasteiger partial charge in [-0.25, -0.2) is 0 Å². The summed E-state index contributed by atoms with van der Waals surface area (Å²) in [4.78, 5) is 101. The summed E-state index contributed by atoms with van der Waals surface area (Å²) in [6.07, 6.45) is 1.84. The molecule has 344 valence electrons. The molecule has 15 heteroatoms. The molecule has 0 radical (unpaired) electrons. The lowest BCUT2D eigenvalue weighted by molar-refractivity contribution is -0.129. The predicted molar refractivity (Wildman–Crippen MR) is 235 cm³/mol. The summed E-state index contributed by atoms with van der Waals surface area (Å²) in [7, 11) is 0. The molecule has 0 saturated carbocycles. The maximum absolute atomic E-state index is 13.1. The Kier molecular flexibility index (Phi) is 26.5. The highest BCUT2D eigenvalue weighted by Crippen LogP contribution is 2.19. The number of amides is 5. The molecule has 0 spiro atoms. The van der Waals surface area contributed by atoms with Crippen molar-refractivity contribution in [3.05, 3.63) is 34.9 Å². The van der Waals surface area contributed by atoms with Crippen molar-refractivity contribution >= 4 is 46.9 Å². The van der Waals surface area contributed by atoms with Crippen molar-refractivity contribution in [2.75, 3.05) is 39.5 Å². The van der Waals surface area contributed by atoms with Gasteiger partial charge in [-0.3, -0.25) is 38.4 Å². The van der Waals surface area contributed by atoms with Crippen molar-refractivity contribution in [1.82, 2.24) is 26.6 Å². The normalized spacial score (nSPS) is 12.4. The minimum Gasteiger partial charge on any atom is -0.379 e. The number of carbonyl (C=O) groups excluding carboxylic acids is 8. The summed E-state index contributed by atoms with van der Waals surface area (Å²) in [6.45, 7) is 19.9. The number of Topliss-reactive ketones (excluding diaryl/α,β-unsaturated/α-hetero) is 3. The van der Waals surface area contributed by atoms with Crippen molar-refractivity contribution in [1.29, 1.82) is 0 Å². The summed E-state index contributed by atoms with van der Waals surface area (Å²) in [5.74, 6) is -1.38. The van der Waals surface area contributed by atoms with E-state index in [4.69, 9.17) is 9.47 Å². The van der Waals surface area contributed by atoms with E-state index in [9.17, 15) is 38.4 Å². The first-order valence-electron chi connectivity index (χ1n) is 22.0. The number of carbonyl (C=O) groups is 8. The van der Waals surface area contributed by atoms with Gasteiger partial charge in [-0.05, 0) is 74.1 Å². The Morgan fingerprint density at radius 2 is 0.902 bits per heavy atom. The van der Waals surface area contributed by atoms with Gasteiger partial charge in [0.25, 0.3) is 11.8 Å². The van der Waals surface area contributed by atoms with E-state index in [0.29, 0.717) is 24.0 Å². The molecule has 0 bridgehead atoms. The van der Waals surface area contributed by atoms with Gasteiger partial charge < -0.3 is 36.1 Å². The zero-order chi connectivity index (χ0) is 46.1. The first-order chi connectivity index (χ1) is 28.7. The van der Waals surface area contributed by atoms with Gasteiger partial charge in [-0.1, -0.05) is 55.4 Å². The maximum atomic E-state index is 13.1. The first kappa shape index (κ1) is 54.5. The topological polar surface area (TPSA) is 215 Å². The fourth-order valence-electron chi connectivity index (χ4n) is 6.24. The maximum Gasteiger partial charge on any atom is 0.251 e. The monoisotopic (exact) mass is 858 g/mol. The number of nitrogens with one attached hydrogen (secondary N) is 5. The molecule has 2 atom stereocenters. The molecular formula is C46H75N5O10. The van der Waals surface area contributed by atoms with Crippen LogP contribution in [0.1, 0.15) is 159 Å². The molecule has 2 unspecified atom stereocenters. The summed E-state index contributed by atoms with van der Waals surface area (Å²) >= 11 is 0. The van der Waals surface area contributed by atoms with Crippen LogP contribution in [0.5, 0.6) is 0 Å². The van der Waals surface area contributed by atoms with Crippen molar-refractivity contribution in [2.45, 2.75) is 151 Å². The molecule has 1 aromatic rings. The van der Waals surface area contributed by atoms with Crippen LogP contribution in [0.4, 0.5) is 0 Å². The van der Waals surface area contributed by atoms with E-state index in [1.807, 2.05) is 69.2 Å². The standard InChI is InChI=1S/C46H75N5O10/c1-29(2)23-37(52)11-12-38(40(53)24-30(3)4)50-43(56)15-19-60-21-17-47-45(58)35-26-34(32(7)8)27-36(28-35)46(59)48-18-22-61-20-16-44(57)51-39(41(54)25-31(5)6)13-14-42(55)49-33(9)10/h26-33,38-39H,11-25H2,1-10H3,(H,47,58)(H,48,59)(H,49,55)(H,50,56)(H,51,57). The van der Waals surface area contributed by atoms with Crippen molar-refractivity contribution < 1.29 is 47.8 Å². The van der Waals surface area contributed by atoms with Crippen molar-refractivity contribution in [3.8, 4) is 0 Å². The lowest BCUT2D eigenvalue weighted by Crippen LogP contribution is -2.42. The lowest BCUT2D eigenvalue weighted by Gasteiger charge is -2.19. The quantitative estimate of drug-likeness (QED) is 0.0613. The average molecular weight is 858 g/mol. The number of hydrogen-bond donors (Lipinski definition) is 5. The Morgan fingerprint density at radius 3 is 1.30 bits per heavy atom. The first-order valence-corrected chi connectivity index (χ1v) is 22.0. The minimum atomic E-state index is -0.767. The Morgan fingerprint density at radius 1 is 0.492 bits per heavy atom. The van der Waals surface area contributed by atoms with Crippen LogP contribution < -0.4 is 26.6 Å². The zero-order valence-electron chi connectivity index (χ0n) is 38.5. The molecule has 0 aliphatic carbocycles. The van der Waals surface area contributed by atoms with Crippen LogP contribution in [0.3, 0.4) is 0 Å². The van der Waals surface area contributed by atoms with E-state index in [1.54, 1.807) is 12.1 Å². The predicted octanol–water partition coefficient (Wildman–Crippen LogP) is 4.98. The Balaban J connectivity index is 2.59. The van der Waals surface area contributed by atoms with E-state index in [0.717, 1.165) is 5.56 Å². The highest BCUT2D eigenvalue weighted by molar-refractivity contribution is 6.00. The van der Waals surface area contributed by atoms with Gasteiger partial charge in [0.15, 0.2) is 11.6 Å². The van der Waals surface area contributed by atoms with Gasteiger partial charge in [0.2, 0.25) is 17.7 Å². The second kappa shape index (κ2) is 29.7. The molecule has 0 aliphatic heterocycles. The number of benzene rings is 1. The summed E-state index contributed by atoms with van der Waals surface area (Å²) in [6, 6.07) is 3.44. The fraction of sp³-hybridized carbons (Fsp3) is 0.696. The molecule has 0 heterocycles. The molecule has 15 nitrogen and oxygen atoms in total. The Bertz CT molecular complexity index is 1480. The minimum absolute atomic E-state index is 0.00312. The van der Waals surface area contributed by atoms with E-state index in [1.165, 1.54) is 6.07 Å². The average Bonchev–Trinajstić information content (AvgIpc) is 3.15. The zero-order valence-corrected chi connectivity index (χ0v) is 38.5. The molecule has 1 aromatic carbocycles. The highest BCUT2D eigenvalue weighted by Gasteiger charge is 2.24.